The number of sulfonamides is 1. The highest BCUT2D eigenvalue weighted by Crippen LogP contribution is 2.28. The Morgan fingerprint density at radius 1 is 1.03 bits per heavy atom. The predicted molar refractivity (Wildman–Crippen MR) is 118 cm³/mol. The van der Waals surface area contributed by atoms with Crippen LogP contribution >= 0.6 is 0 Å². The van der Waals surface area contributed by atoms with Crippen LogP contribution in [0.3, 0.4) is 0 Å². The van der Waals surface area contributed by atoms with E-state index >= 15 is 0 Å². The van der Waals surface area contributed by atoms with Gasteiger partial charge in [-0.1, -0.05) is 12.1 Å². The molecule has 2 aromatic rings. The summed E-state index contributed by atoms with van der Waals surface area (Å²) < 4.78 is 47.9. The van der Waals surface area contributed by atoms with Crippen LogP contribution in [0.5, 0.6) is 11.5 Å². The van der Waals surface area contributed by atoms with Crippen molar-refractivity contribution in [2.24, 2.45) is 0 Å². The molecule has 2 aromatic carbocycles. The number of benzene rings is 2. The van der Waals surface area contributed by atoms with Crippen molar-refractivity contribution in [3.05, 3.63) is 53.6 Å². The molecular weight excluding hydrogens is 452 g/mol. The van der Waals surface area contributed by atoms with Crippen LogP contribution in [0.15, 0.2) is 47.4 Å². The van der Waals surface area contributed by atoms with E-state index in [1.165, 1.54) is 29.6 Å². The van der Waals surface area contributed by atoms with Crippen molar-refractivity contribution >= 4 is 21.9 Å². The predicted octanol–water partition coefficient (Wildman–Crippen LogP) is 1.20. The molecule has 3 rings (SSSR count). The van der Waals surface area contributed by atoms with Crippen molar-refractivity contribution < 1.29 is 37.0 Å². The minimum absolute atomic E-state index is 0.00871. The molecule has 0 unspecified atom stereocenters. The number of morpholine rings is 1. The number of esters is 1. The number of hydrogen-bond acceptors (Lipinski definition) is 8. The smallest absolute Gasteiger partial charge is 0.338 e. The molecule has 33 heavy (non-hydrogen) atoms. The third kappa shape index (κ3) is 6.21. The zero-order chi connectivity index (χ0) is 23.8. The van der Waals surface area contributed by atoms with Gasteiger partial charge in [0, 0.05) is 19.6 Å². The van der Waals surface area contributed by atoms with Gasteiger partial charge >= 0.3 is 5.97 Å². The number of nitrogens with one attached hydrogen (secondary N) is 1. The Morgan fingerprint density at radius 3 is 2.36 bits per heavy atom. The van der Waals surface area contributed by atoms with E-state index in [1.54, 1.807) is 31.4 Å². The molecule has 178 valence electrons. The van der Waals surface area contributed by atoms with E-state index in [1.807, 2.05) is 0 Å². The van der Waals surface area contributed by atoms with E-state index in [0.29, 0.717) is 5.75 Å². The number of carbonyl (C=O) groups is 2. The molecule has 1 saturated heterocycles. The van der Waals surface area contributed by atoms with Gasteiger partial charge in [-0.15, -0.1) is 0 Å². The Hall–Kier alpha value is -3.15. The first kappa shape index (κ1) is 24.5. The zero-order valence-corrected chi connectivity index (χ0v) is 19.2. The first-order valence-corrected chi connectivity index (χ1v) is 11.6. The van der Waals surface area contributed by atoms with Gasteiger partial charge in [0.05, 0.1) is 33.0 Å². The molecule has 0 aromatic heterocycles. The van der Waals surface area contributed by atoms with Gasteiger partial charge in [0.25, 0.3) is 5.91 Å². The van der Waals surface area contributed by atoms with Crippen molar-refractivity contribution in [1.82, 2.24) is 9.62 Å². The summed E-state index contributed by atoms with van der Waals surface area (Å²) in [5.74, 6) is -0.506. The van der Waals surface area contributed by atoms with Crippen molar-refractivity contribution in [2.75, 3.05) is 47.1 Å². The van der Waals surface area contributed by atoms with Gasteiger partial charge in [-0.05, 0) is 35.9 Å². The molecule has 1 aliphatic rings. The molecule has 0 spiro atoms. The van der Waals surface area contributed by atoms with Crippen LogP contribution in [0.25, 0.3) is 0 Å². The maximum Gasteiger partial charge on any atom is 0.338 e. The summed E-state index contributed by atoms with van der Waals surface area (Å²) in [7, 11) is -0.994. The quantitative estimate of drug-likeness (QED) is 0.534. The van der Waals surface area contributed by atoms with E-state index in [4.69, 9.17) is 18.9 Å². The lowest BCUT2D eigenvalue weighted by Crippen LogP contribution is -2.40. The first-order chi connectivity index (χ1) is 15.8. The Kier molecular flexibility index (Phi) is 8.26. The summed E-state index contributed by atoms with van der Waals surface area (Å²) in [5, 5.41) is 2.65. The van der Waals surface area contributed by atoms with Gasteiger partial charge in [0.15, 0.2) is 6.61 Å². The Morgan fingerprint density at radius 2 is 1.73 bits per heavy atom. The fraction of sp³-hybridized carbons (Fsp3) is 0.364. The molecule has 0 aliphatic carbocycles. The van der Waals surface area contributed by atoms with Gasteiger partial charge in [0.2, 0.25) is 10.0 Å². The van der Waals surface area contributed by atoms with Crippen molar-refractivity contribution in [1.29, 1.82) is 0 Å². The molecule has 1 amide bonds. The highest BCUT2D eigenvalue weighted by Gasteiger charge is 2.30. The molecule has 1 aliphatic heterocycles. The molecule has 1 fully saturated rings. The molecule has 0 radical (unpaired) electrons. The van der Waals surface area contributed by atoms with E-state index in [0.717, 1.165) is 5.56 Å². The zero-order valence-electron chi connectivity index (χ0n) is 18.4. The summed E-state index contributed by atoms with van der Waals surface area (Å²) >= 11 is 0. The van der Waals surface area contributed by atoms with Crippen molar-refractivity contribution in [2.45, 2.75) is 11.4 Å². The SMILES string of the molecule is COc1ccc(CNC(=O)COC(=O)c2ccc(OC)c(S(=O)(=O)N3CCOCC3)c2)cc1. The summed E-state index contributed by atoms with van der Waals surface area (Å²) in [6, 6.07) is 11.1. The van der Waals surface area contributed by atoms with Crippen LogP contribution < -0.4 is 14.8 Å². The third-order valence-corrected chi connectivity index (χ3v) is 6.89. The van der Waals surface area contributed by atoms with Crippen LogP contribution in [0.4, 0.5) is 0 Å². The van der Waals surface area contributed by atoms with Gasteiger partial charge < -0.3 is 24.3 Å². The fourth-order valence-corrected chi connectivity index (χ4v) is 4.73. The Labute approximate surface area is 192 Å². The minimum Gasteiger partial charge on any atom is -0.497 e. The summed E-state index contributed by atoms with van der Waals surface area (Å²) in [6.07, 6.45) is 0. The Bertz CT molecular complexity index is 1080. The maximum atomic E-state index is 13.0. The number of methoxy groups -OCH3 is 2. The third-order valence-electron chi connectivity index (χ3n) is 4.97. The van der Waals surface area contributed by atoms with Crippen molar-refractivity contribution in [3.63, 3.8) is 0 Å². The fourth-order valence-electron chi connectivity index (χ4n) is 3.14. The number of rotatable bonds is 9. The standard InChI is InChI=1S/C22H26N2O8S/c1-29-18-6-3-16(4-7-18)14-23-21(25)15-32-22(26)17-5-8-19(30-2)20(13-17)33(27,28)24-9-11-31-12-10-24/h3-8,13H,9-12,14-15H2,1-2H3,(H,23,25). The number of amides is 1. The van der Waals surface area contributed by atoms with E-state index in [9.17, 15) is 18.0 Å². The molecule has 1 N–H and O–H groups in total. The van der Waals surface area contributed by atoms with Crippen LogP contribution in [0.2, 0.25) is 0 Å². The lowest BCUT2D eigenvalue weighted by molar-refractivity contribution is -0.124. The molecule has 0 bridgehead atoms. The minimum atomic E-state index is -3.90. The van der Waals surface area contributed by atoms with Gasteiger partial charge in [-0.2, -0.15) is 4.31 Å². The number of ether oxygens (including phenoxy) is 4. The largest absolute Gasteiger partial charge is 0.497 e. The average molecular weight is 479 g/mol. The number of hydrogen-bond donors (Lipinski definition) is 1. The van der Waals surface area contributed by atoms with Crippen LogP contribution in [-0.4, -0.2) is 71.7 Å². The van der Waals surface area contributed by atoms with Crippen molar-refractivity contribution in [3.8, 4) is 11.5 Å². The molecule has 0 atom stereocenters. The highest BCUT2D eigenvalue weighted by atomic mass is 32.2. The molecule has 1 heterocycles. The molecular formula is C22H26N2O8S. The first-order valence-electron chi connectivity index (χ1n) is 10.2. The highest BCUT2D eigenvalue weighted by molar-refractivity contribution is 7.89. The average Bonchev–Trinajstić information content (AvgIpc) is 2.86. The number of carbonyl (C=O) groups excluding carboxylic acids is 2. The topological polar surface area (TPSA) is 120 Å². The normalized spacial score (nSPS) is 14.4. The summed E-state index contributed by atoms with van der Waals surface area (Å²) in [6.45, 7) is 0.726. The van der Waals surface area contributed by atoms with E-state index in [2.05, 4.69) is 5.32 Å². The van der Waals surface area contributed by atoms with Crippen LogP contribution in [0, 0.1) is 0 Å². The molecule has 10 nitrogen and oxygen atoms in total. The van der Waals surface area contributed by atoms with Crippen LogP contribution in [0.1, 0.15) is 15.9 Å². The molecule has 11 heteroatoms. The summed E-state index contributed by atoms with van der Waals surface area (Å²) in [5.41, 5.74) is 0.842. The second-order valence-corrected chi connectivity index (χ2v) is 8.99. The van der Waals surface area contributed by atoms with Gasteiger partial charge in [-0.3, -0.25) is 4.79 Å². The second-order valence-electron chi connectivity index (χ2n) is 7.08. The number of nitrogens with zero attached hydrogens (tertiary/aromatic N) is 1. The van der Waals surface area contributed by atoms with Crippen LogP contribution in [-0.2, 0) is 30.8 Å². The summed E-state index contributed by atoms with van der Waals surface area (Å²) in [4.78, 5) is 24.4. The van der Waals surface area contributed by atoms with Gasteiger partial charge in [0.1, 0.15) is 16.4 Å². The van der Waals surface area contributed by atoms with E-state index < -0.39 is 28.5 Å². The van der Waals surface area contributed by atoms with E-state index in [-0.39, 0.29) is 49.1 Å². The lowest BCUT2D eigenvalue weighted by atomic mass is 10.2. The van der Waals surface area contributed by atoms with Gasteiger partial charge in [-0.25, -0.2) is 13.2 Å². The Balaban J connectivity index is 1.62. The molecule has 0 saturated carbocycles. The lowest BCUT2D eigenvalue weighted by Gasteiger charge is -2.26. The monoisotopic (exact) mass is 478 g/mol. The maximum absolute atomic E-state index is 13.0. The second kappa shape index (κ2) is 11.1.